The summed E-state index contributed by atoms with van der Waals surface area (Å²) >= 11 is 10.8. The Bertz CT molecular complexity index is 1740. The molecule has 1 amide bonds. The van der Waals surface area contributed by atoms with Crippen molar-refractivity contribution < 1.29 is 17.9 Å². The SMILES string of the molecule is Cc1nc2ccc(C(=O)NS(=O)(=O)c3ccc(Br)s3)nc2n1C(COc1ccccc1)c1ccccc1Cl. The van der Waals surface area contributed by atoms with Gasteiger partial charge in [0, 0.05) is 5.02 Å². The highest BCUT2D eigenvalue weighted by Crippen LogP contribution is 2.31. The van der Waals surface area contributed by atoms with Gasteiger partial charge in [-0.05, 0) is 70.9 Å². The molecule has 1 unspecified atom stereocenters. The Hall–Kier alpha value is -3.25. The standard InChI is InChI=1S/C26H20BrClN4O4S2/c1-16-29-20-11-12-21(26(33)31-38(34,35)24-14-13-23(27)37-24)30-25(20)32(16)22(18-9-5-6-10-19(18)28)15-36-17-7-3-2-4-8-17/h2-14,22H,15H2,1H3,(H,31,33). The van der Waals surface area contributed by atoms with E-state index in [1.54, 1.807) is 18.2 Å². The van der Waals surface area contributed by atoms with E-state index in [1.807, 2.05) is 60.0 Å². The fourth-order valence-corrected chi connectivity index (χ4v) is 7.23. The first-order valence-electron chi connectivity index (χ1n) is 11.3. The van der Waals surface area contributed by atoms with Gasteiger partial charge in [-0.3, -0.25) is 4.79 Å². The predicted octanol–water partition coefficient (Wildman–Crippen LogP) is 6.00. The molecule has 1 atom stereocenters. The highest BCUT2D eigenvalue weighted by molar-refractivity contribution is 9.11. The molecule has 0 saturated carbocycles. The van der Waals surface area contributed by atoms with E-state index in [-0.39, 0.29) is 16.5 Å². The van der Waals surface area contributed by atoms with Crippen LogP contribution in [0.3, 0.4) is 0 Å². The highest BCUT2D eigenvalue weighted by Gasteiger charge is 2.26. The van der Waals surface area contributed by atoms with E-state index < -0.39 is 22.0 Å². The quantitative estimate of drug-likeness (QED) is 0.225. The molecule has 38 heavy (non-hydrogen) atoms. The fraction of sp³-hybridized carbons (Fsp3) is 0.115. The van der Waals surface area contributed by atoms with Crippen LogP contribution in [0.2, 0.25) is 5.02 Å². The molecule has 1 N–H and O–H groups in total. The van der Waals surface area contributed by atoms with Gasteiger partial charge in [-0.1, -0.05) is 48.0 Å². The monoisotopic (exact) mass is 630 g/mol. The van der Waals surface area contributed by atoms with Gasteiger partial charge >= 0.3 is 0 Å². The van der Waals surface area contributed by atoms with Crippen molar-refractivity contribution >= 4 is 66.0 Å². The zero-order chi connectivity index (χ0) is 26.9. The Kier molecular flexibility index (Phi) is 7.53. The predicted molar refractivity (Wildman–Crippen MR) is 150 cm³/mol. The smallest absolute Gasteiger partial charge is 0.283 e. The molecule has 194 valence electrons. The number of para-hydroxylation sites is 1. The van der Waals surface area contributed by atoms with Crippen LogP contribution in [0, 0.1) is 6.92 Å². The van der Waals surface area contributed by atoms with E-state index >= 15 is 0 Å². The minimum absolute atomic E-state index is 0.0107. The number of benzene rings is 2. The number of carbonyl (C=O) groups is 1. The molecule has 0 spiro atoms. The fourth-order valence-electron chi connectivity index (χ4n) is 3.99. The number of amides is 1. The van der Waals surface area contributed by atoms with E-state index in [9.17, 15) is 13.2 Å². The van der Waals surface area contributed by atoms with Gasteiger partial charge in [-0.2, -0.15) is 0 Å². The molecule has 12 heteroatoms. The number of nitrogens with one attached hydrogen (secondary N) is 1. The van der Waals surface area contributed by atoms with Crippen molar-refractivity contribution in [3.05, 3.63) is 105 Å². The summed E-state index contributed by atoms with van der Waals surface area (Å²) < 4.78 is 36.1. The van der Waals surface area contributed by atoms with Gasteiger partial charge in [0.15, 0.2) is 5.65 Å². The molecule has 3 aromatic heterocycles. The van der Waals surface area contributed by atoms with Crippen LogP contribution in [0.1, 0.15) is 27.9 Å². The first-order chi connectivity index (χ1) is 18.2. The lowest BCUT2D eigenvalue weighted by atomic mass is 10.1. The molecule has 2 aromatic carbocycles. The van der Waals surface area contributed by atoms with E-state index in [1.165, 1.54) is 12.1 Å². The number of pyridine rings is 1. The van der Waals surface area contributed by atoms with Crippen molar-refractivity contribution in [3.8, 4) is 5.75 Å². The molecule has 0 saturated heterocycles. The molecule has 0 aliphatic heterocycles. The summed E-state index contributed by atoms with van der Waals surface area (Å²) in [7, 11) is -4.06. The summed E-state index contributed by atoms with van der Waals surface area (Å²) in [4.78, 5) is 22.1. The Morgan fingerprint density at radius 2 is 1.79 bits per heavy atom. The number of nitrogens with zero attached hydrogens (tertiary/aromatic N) is 3. The Labute approximate surface area is 236 Å². The number of halogens is 2. The average molecular weight is 632 g/mol. The molecule has 0 aliphatic rings. The second kappa shape index (κ2) is 10.9. The normalized spacial score (nSPS) is 12.4. The minimum atomic E-state index is -4.06. The molecule has 0 aliphatic carbocycles. The highest BCUT2D eigenvalue weighted by atomic mass is 79.9. The van der Waals surface area contributed by atoms with Crippen LogP contribution < -0.4 is 9.46 Å². The van der Waals surface area contributed by atoms with Crippen LogP contribution in [0.15, 0.2) is 86.9 Å². The number of thiophene rings is 1. The van der Waals surface area contributed by atoms with E-state index in [0.29, 0.717) is 31.5 Å². The number of rotatable bonds is 8. The van der Waals surface area contributed by atoms with E-state index in [2.05, 4.69) is 30.6 Å². The van der Waals surface area contributed by atoms with E-state index in [0.717, 1.165) is 16.9 Å². The van der Waals surface area contributed by atoms with Crippen LogP contribution in [-0.2, 0) is 10.0 Å². The Morgan fingerprint density at radius 1 is 1.05 bits per heavy atom. The van der Waals surface area contributed by atoms with Crippen molar-refractivity contribution in [2.45, 2.75) is 17.2 Å². The second-order valence-electron chi connectivity index (χ2n) is 8.22. The maximum Gasteiger partial charge on any atom is 0.283 e. The lowest BCUT2D eigenvalue weighted by Crippen LogP contribution is -2.30. The van der Waals surface area contributed by atoms with E-state index in [4.69, 9.17) is 16.3 Å². The summed E-state index contributed by atoms with van der Waals surface area (Å²) in [6.07, 6.45) is 0. The summed E-state index contributed by atoms with van der Waals surface area (Å²) in [5, 5.41) is 0.539. The van der Waals surface area contributed by atoms with Crippen molar-refractivity contribution in [2.75, 3.05) is 6.61 Å². The number of imidazole rings is 1. The molecular weight excluding hydrogens is 612 g/mol. The number of fused-ring (bicyclic) bond motifs is 1. The van der Waals surface area contributed by atoms with Gasteiger partial charge in [0.2, 0.25) is 0 Å². The number of sulfonamides is 1. The van der Waals surface area contributed by atoms with Gasteiger partial charge < -0.3 is 9.30 Å². The van der Waals surface area contributed by atoms with Crippen LogP contribution in [0.5, 0.6) is 5.75 Å². The third kappa shape index (κ3) is 5.46. The largest absolute Gasteiger partial charge is 0.491 e. The zero-order valence-corrected chi connectivity index (χ0v) is 23.8. The average Bonchev–Trinajstić information content (AvgIpc) is 3.48. The second-order valence-corrected chi connectivity index (χ2v) is 13.0. The molecule has 0 fully saturated rings. The Balaban J connectivity index is 1.54. The van der Waals surface area contributed by atoms with Gasteiger partial charge in [0.05, 0.1) is 9.83 Å². The van der Waals surface area contributed by atoms with Crippen molar-refractivity contribution in [2.24, 2.45) is 0 Å². The molecule has 0 radical (unpaired) electrons. The summed E-state index contributed by atoms with van der Waals surface area (Å²) in [6, 6.07) is 22.4. The minimum Gasteiger partial charge on any atom is -0.491 e. The molecule has 8 nitrogen and oxygen atoms in total. The Morgan fingerprint density at radius 3 is 2.50 bits per heavy atom. The first-order valence-corrected chi connectivity index (χ1v) is 14.8. The lowest BCUT2D eigenvalue weighted by molar-refractivity contribution is 0.0977. The van der Waals surface area contributed by atoms with Crippen molar-refractivity contribution in [1.82, 2.24) is 19.3 Å². The molecule has 5 rings (SSSR count). The zero-order valence-electron chi connectivity index (χ0n) is 19.8. The molecule has 3 heterocycles. The number of hydrogen-bond donors (Lipinski definition) is 1. The maximum atomic E-state index is 13.0. The number of aryl methyl sites for hydroxylation is 1. The van der Waals surface area contributed by atoms with Crippen LogP contribution in [0.25, 0.3) is 11.2 Å². The summed E-state index contributed by atoms with van der Waals surface area (Å²) in [6.45, 7) is 2.03. The summed E-state index contributed by atoms with van der Waals surface area (Å²) in [5.41, 5.74) is 1.66. The summed E-state index contributed by atoms with van der Waals surface area (Å²) in [5.74, 6) is 0.462. The third-order valence-corrected chi connectivity index (χ3v) is 9.50. The number of aromatic nitrogens is 3. The van der Waals surface area contributed by atoms with Crippen LogP contribution >= 0.6 is 38.9 Å². The van der Waals surface area contributed by atoms with Crippen LogP contribution in [0.4, 0.5) is 0 Å². The number of carbonyl (C=O) groups excluding carboxylic acids is 1. The first kappa shape index (κ1) is 26.4. The van der Waals surface area contributed by atoms with Crippen molar-refractivity contribution in [1.29, 1.82) is 0 Å². The lowest BCUT2D eigenvalue weighted by Gasteiger charge is -2.22. The van der Waals surface area contributed by atoms with Gasteiger partial charge in [-0.15, -0.1) is 11.3 Å². The molecule has 5 aromatic rings. The van der Waals surface area contributed by atoms with Gasteiger partial charge in [-0.25, -0.2) is 23.1 Å². The molecule has 0 bridgehead atoms. The van der Waals surface area contributed by atoms with Gasteiger partial charge in [0.1, 0.15) is 33.6 Å². The number of ether oxygens (including phenoxy) is 1. The van der Waals surface area contributed by atoms with Crippen molar-refractivity contribution in [3.63, 3.8) is 0 Å². The molecular formula is C26H20BrClN4O4S2. The topological polar surface area (TPSA) is 103 Å². The van der Waals surface area contributed by atoms with Crippen LogP contribution in [-0.4, -0.2) is 35.5 Å². The van der Waals surface area contributed by atoms with Gasteiger partial charge in [0.25, 0.3) is 15.9 Å². The maximum absolute atomic E-state index is 13.0. The number of hydrogen-bond acceptors (Lipinski definition) is 7. The third-order valence-electron chi connectivity index (χ3n) is 5.71.